The van der Waals surface area contributed by atoms with E-state index in [-0.39, 0.29) is 29.7 Å². The third kappa shape index (κ3) is 3.93. The second-order valence-electron chi connectivity index (χ2n) is 8.83. The number of carboxylic acid groups (broad SMARTS) is 1. The van der Waals surface area contributed by atoms with Crippen LogP contribution >= 0.6 is 0 Å². The number of esters is 1. The molecule has 156 valence electrons. The summed E-state index contributed by atoms with van der Waals surface area (Å²) in [5.41, 5.74) is -0.366. The van der Waals surface area contributed by atoms with Crippen LogP contribution in [0, 0.1) is 17.8 Å². The van der Waals surface area contributed by atoms with Gasteiger partial charge in [0, 0.05) is 18.0 Å². The summed E-state index contributed by atoms with van der Waals surface area (Å²) in [5, 5.41) is 15.1. The number of amides is 3. The van der Waals surface area contributed by atoms with Crippen LogP contribution in [0.15, 0.2) is 0 Å². The molecule has 0 spiro atoms. The SMILES string of the molecule is COC(=O)C(C[C@@H]1CC(C)(C)NC1=O)NC(=O)[C@@H]1[C@H]2CCC[C@H]2CN1C(=O)O. The van der Waals surface area contributed by atoms with Crippen LogP contribution in [0.3, 0.4) is 0 Å². The summed E-state index contributed by atoms with van der Waals surface area (Å²) in [4.78, 5) is 50.3. The van der Waals surface area contributed by atoms with E-state index in [4.69, 9.17) is 4.74 Å². The fourth-order valence-electron chi connectivity index (χ4n) is 5.12. The number of likely N-dealkylation sites (tertiary alicyclic amines) is 1. The Morgan fingerprint density at radius 3 is 2.64 bits per heavy atom. The first-order valence-electron chi connectivity index (χ1n) is 9.82. The smallest absolute Gasteiger partial charge is 0.407 e. The van der Waals surface area contributed by atoms with Gasteiger partial charge >= 0.3 is 12.1 Å². The van der Waals surface area contributed by atoms with Crippen molar-refractivity contribution >= 4 is 23.9 Å². The van der Waals surface area contributed by atoms with E-state index in [1.165, 1.54) is 12.0 Å². The molecular weight excluding hydrogens is 366 g/mol. The van der Waals surface area contributed by atoms with Crippen molar-refractivity contribution in [3.63, 3.8) is 0 Å². The number of carbonyl (C=O) groups is 4. The first kappa shape index (κ1) is 20.4. The lowest BCUT2D eigenvalue weighted by Crippen LogP contribution is -2.53. The van der Waals surface area contributed by atoms with E-state index in [0.717, 1.165) is 19.3 Å². The van der Waals surface area contributed by atoms with Gasteiger partial charge in [0.25, 0.3) is 0 Å². The Labute approximate surface area is 164 Å². The number of nitrogens with zero attached hydrogens (tertiary/aromatic N) is 1. The molecule has 9 nitrogen and oxygen atoms in total. The summed E-state index contributed by atoms with van der Waals surface area (Å²) in [5.74, 6) is -1.53. The predicted molar refractivity (Wildman–Crippen MR) is 98.2 cm³/mol. The molecule has 0 aromatic heterocycles. The molecule has 1 unspecified atom stereocenters. The van der Waals surface area contributed by atoms with Gasteiger partial charge in [-0.3, -0.25) is 14.5 Å². The van der Waals surface area contributed by atoms with Gasteiger partial charge in [0.05, 0.1) is 7.11 Å². The van der Waals surface area contributed by atoms with E-state index in [2.05, 4.69) is 10.6 Å². The number of hydrogen-bond acceptors (Lipinski definition) is 5. The maximum Gasteiger partial charge on any atom is 0.407 e. The largest absolute Gasteiger partial charge is 0.467 e. The van der Waals surface area contributed by atoms with Gasteiger partial charge in [0.2, 0.25) is 11.8 Å². The zero-order chi connectivity index (χ0) is 20.6. The quantitative estimate of drug-likeness (QED) is 0.589. The van der Waals surface area contributed by atoms with Gasteiger partial charge < -0.3 is 20.5 Å². The average Bonchev–Trinajstić information content (AvgIpc) is 3.25. The minimum Gasteiger partial charge on any atom is -0.467 e. The molecular formula is C19H29N3O6. The highest BCUT2D eigenvalue weighted by Gasteiger charge is 2.50. The first-order valence-corrected chi connectivity index (χ1v) is 9.82. The maximum absolute atomic E-state index is 13.0. The molecule has 9 heteroatoms. The molecule has 3 N–H and O–H groups in total. The molecule has 0 bridgehead atoms. The van der Waals surface area contributed by atoms with E-state index in [9.17, 15) is 24.3 Å². The Bertz CT molecular complexity index is 679. The Morgan fingerprint density at radius 2 is 2.07 bits per heavy atom. The monoisotopic (exact) mass is 395 g/mol. The van der Waals surface area contributed by atoms with Crippen molar-refractivity contribution in [3.05, 3.63) is 0 Å². The minimum atomic E-state index is -1.12. The van der Waals surface area contributed by atoms with Crippen molar-refractivity contribution in [2.24, 2.45) is 17.8 Å². The summed E-state index contributed by atoms with van der Waals surface area (Å²) < 4.78 is 4.82. The van der Waals surface area contributed by atoms with Crippen LogP contribution in [-0.2, 0) is 19.1 Å². The van der Waals surface area contributed by atoms with Crippen LogP contribution < -0.4 is 10.6 Å². The number of methoxy groups -OCH3 is 1. The van der Waals surface area contributed by atoms with Crippen molar-refractivity contribution in [2.75, 3.05) is 13.7 Å². The van der Waals surface area contributed by atoms with Gasteiger partial charge in [-0.15, -0.1) is 0 Å². The van der Waals surface area contributed by atoms with Crippen LogP contribution in [-0.4, -0.2) is 65.2 Å². The van der Waals surface area contributed by atoms with Gasteiger partial charge in [-0.05, 0) is 51.4 Å². The standard InChI is InChI=1S/C19H29N3O6/c1-19(2)8-11(15(23)21-19)7-13(17(25)28-3)20-16(24)14-12-6-4-5-10(12)9-22(14)18(26)27/h10-14H,4-9H2,1-3H3,(H,20,24)(H,21,23)(H,26,27)/t10-,11+,12-,13?,14-/m0/s1. The molecule has 2 saturated heterocycles. The highest BCUT2D eigenvalue weighted by molar-refractivity contribution is 5.91. The highest BCUT2D eigenvalue weighted by atomic mass is 16.5. The number of rotatable bonds is 5. The van der Waals surface area contributed by atoms with Gasteiger partial charge in [0.15, 0.2) is 0 Å². The van der Waals surface area contributed by atoms with Crippen molar-refractivity contribution in [3.8, 4) is 0 Å². The molecule has 0 aromatic carbocycles. The number of hydrogen-bond donors (Lipinski definition) is 3. The van der Waals surface area contributed by atoms with Crippen molar-refractivity contribution in [2.45, 2.75) is 63.6 Å². The first-order chi connectivity index (χ1) is 13.1. The molecule has 2 aliphatic heterocycles. The van der Waals surface area contributed by atoms with E-state index in [0.29, 0.717) is 13.0 Å². The number of carbonyl (C=O) groups excluding carboxylic acids is 3. The summed E-state index contributed by atoms with van der Waals surface area (Å²) >= 11 is 0. The van der Waals surface area contributed by atoms with Crippen LogP contribution in [0.5, 0.6) is 0 Å². The van der Waals surface area contributed by atoms with Crippen molar-refractivity contribution in [1.29, 1.82) is 0 Å². The van der Waals surface area contributed by atoms with Gasteiger partial charge in [0.1, 0.15) is 12.1 Å². The molecule has 28 heavy (non-hydrogen) atoms. The predicted octanol–water partition coefficient (Wildman–Crippen LogP) is 0.728. The Balaban J connectivity index is 1.73. The minimum absolute atomic E-state index is 0.0249. The van der Waals surface area contributed by atoms with Gasteiger partial charge in [-0.2, -0.15) is 0 Å². The van der Waals surface area contributed by atoms with Gasteiger partial charge in [-0.1, -0.05) is 6.42 Å². The van der Waals surface area contributed by atoms with Gasteiger partial charge in [-0.25, -0.2) is 9.59 Å². The van der Waals surface area contributed by atoms with Crippen LogP contribution in [0.25, 0.3) is 0 Å². The molecule has 3 rings (SSSR count). The number of fused-ring (bicyclic) bond motifs is 1. The summed E-state index contributed by atoms with van der Waals surface area (Å²) in [6.07, 6.45) is 2.24. The Morgan fingerprint density at radius 1 is 1.36 bits per heavy atom. The van der Waals surface area contributed by atoms with E-state index < -0.39 is 36.0 Å². The fraction of sp³-hybridized carbons (Fsp3) is 0.789. The second kappa shape index (κ2) is 7.60. The van der Waals surface area contributed by atoms with Crippen LogP contribution in [0.4, 0.5) is 4.79 Å². The average molecular weight is 395 g/mol. The van der Waals surface area contributed by atoms with Crippen molar-refractivity contribution < 1.29 is 29.0 Å². The topological polar surface area (TPSA) is 125 Å². The third-order valence-electron chi connectivity index (χ3n) is 6.32. The highest BCUT2D eigenvalue weighted by Crippen LogP contribution is 2.42. The fourth-order valence-corrected chi connectivity index (χ4v) is 5.12. The lowest BCUT2D eigenvalue weighted by atomic mass is 9.90. The number of ether oxygens (including phenoxy) is 1. The van der Waals surface area contributed by atoms with E-state index in [1.54, 1.807) is 0 Å². The lowest BCUT2D eigenvalue weighted by Gasteiger charge is -2.27. The molecule has 3 aliphatic rings. The summed E-state index contributed by atoms with van der Waals surface area (Å²) in [6.45, 7) is 4.15. The Kier molecular flexibility index (Phi) is 5.54. The summed E-state index contributed by atoms with van der Waals surface area (Å²) in [6, 6.07) is -1.79. The third-order valence-corrected chi connectivity index (χ3v) is 6.32. The molecule has 1 saturated carbocycles. The number of nitrogens with one attached hydrogen (secondary N) is 2. The lowest BCUT2D eigenvalue weighted by molar-refractivity contribution is -0.146. The molecule has 3 fully saturated rings. The van der Waals surface area contributed by atoms with Crippen molar-refractivity contribution in [1.82, 2.24) is 15.5 Å². The molecule has 0 aromatic rings. The van der Waals surface area contributed by atoms with Crippen LogP contribution in [0.1, 0.15) is 46.0 Å². The molecule has 2 heterocycles. The molecule has 0 radical (unpaired) electrons. The zero-order valence-corrected chi connectivity index (χ0v) is 16.6. The second-order valence-corrected chi connectivity index (χ2v) is 8.83. The normalized spacial score (nSPS) is 31.8. The molecule has 5 atom stereocenters. The molecule has 3 amide bonds. The zero-order valence-electron chi connectivity index (χ0n) is 16.6. The van der Waals surface area contributed by atoms with E-state index >= 15 is 0 Å². The maximum atomic E-state index is 13.0. The Hall–Kier alpha value is -2.32. The summed E-state index contributed by atoms with van der Waals surface area (Å²) in [7, 11) is 1.23. The molecule has 1 aliphatic carbocycles. The van der Waals surface area contributed by atoms with Crippen LogP contribution in [0.2, 0.25) is 0 Å². The van der Waals surface area contributed by atoms with E-state index in [1.807, 2.05) is 13.8 Å².